The largest absolute Gasteiger partial charge is 0.347 e. The standard InChI is InChI=1S/C14H20N2O2S/c1-2-12-19(17,18)15-9-5-10-16-11-8-13-6-3-4-7-14(13)16/h3-4,6-8,11,15H,2,5,9-10,12H2,1H3. The minimum Gasteiger partial charge on any atom is -0.347 e. The van der Waals surface area contributed by atoms with Crippen molar-refractivity contribution >= 4 is 20.9 Å². The maximum atomic E-state index is 11.5. The van der Waals surface area contributed by atoms with Gasteiger partial charge in [-0.2, -0.15) is 0 Å². The van der Waals surface area contributed by atoms with E-state index in [0.717, 1.165) is 13.0 Å². The molecule has 0 unspecified atom stereocenters. The lowest BCUT2D eigenvalue weighted by atomic mass is 10.2. The molecule has 5 heteroatoms. The number of nitrogens with zero attached hydrogens (tertiary/aromatic N) is 1. The number of rotatable bonds is 7. The number of aryl methyl sites for hydroxylation is 1. The van der Waals surface area contributed by atoms with E-state index in [9.17, 15) is 8.42 Å². The lowest BCUT2D eigenvalue weighted by Crippen LogP contribution is -2.27. The van der Waals surface area contributed by atoms with Gasteiger partial charge in [0.25, 0.3) is 0 Å². The Labute approximate surface area is 114 Å². The first kappa shape index (κ1) is 14.1. The smallest absolute Gasteiger partial charge is 0.211 e. The van der Waals surface area contributed by atoms with Crippen molar-refractivity contribution < 1.29 is 8.42 Å². The van der Waals surface area contributed by atoms with Crippen molar-refractivity contribution in [2.45, 2.75) is 26.3 Å². The van der Waals surface area contributed by atoms with E-state index in [2.05, 4.69) is 27.5 Å². The minimum absolute atomic E-state index is 0.208. The molecule has 0 saturated heterocycles. The van der Waals surface area contributed by atoms with Crippen molar-refractivity contribution in [2.75, 3.05) is 12.3 Å². The summed E-state index contributed by atoms with van der Waals surface area (Å²) in [6.45, 7) is 3.18. The molecular weight excluding hydrogens is 260 g/mol. The van der Waals surface area contributed by atoms with E-state index in [1.807, 2.05) is 25.3 Å². The van der Waals surface area contributed by atoms with Crippen LogP contribution >= 0.6 is 0 Å². The first-order chi connectivity index (χ1) is 9.12. The van der Waals surface area contributed by atoms with Crippen LogP contribution in [0, 0.1) is 0 Å². The Morgan fingerprint density at radius 2 is 2.00 bits per heavy atom. The summed E-state index contributed by atoms with van der Waals surface area (Å²) in [6, 6.07) is 10.3. The van der Waals surface area contributed by atoms with Crippen LogP contribution in [-0.4, -0.2) is 25.3 Å². The first-order valence-corrected chi connectivity index (χ1v) is 8.29. The molecule has 0 atom stereocenters. The summed E-state index contributed by atoms with van der Waals surface area (Å²) in [7, 11) is -3.07. The van der Waals surface area contributed by atoms with Gasteiger partial charge in [0.1, 0.15) is 0 Å². The molecule has 0 fully saturated rings. The van der Waals surface area contributed by atoms with Crippen molar-refractivity contribution in [3.05, 3.63) is 36.5 Å². The van der Waals surface area contributed by atoms with Crippen LogP contribution in [0.15, 0.2) is 36.5 Å². The molecule has 0 aliphatic heterocycles. The summed E-state index contributed by atoms with van der Waals surface area (Å²) in [4.78, 5) is 0. The van der Waals surface area contributed by atoms with E-state index in [1.54, 1.807) is 0 Å². The van der Waals surface area contributed by atoms with Crippen LogP contribution in [0.5, 0.6) is 0 Å². The van der Waals surface area contributed by atoms with Gasteiger partial charge in [-0.25, -0.2) is 13.1 Å². The van der Waals surface area contributed by atoms with E-state index in [4.69, 9.17) is 0 Å². The van der Waals surface area contributed by atoms with E-state index < -0.39 is 10.0 Å². The summed E-state index contributed by atoms with van der Waals surface area (Å²) in [5, 5.41) is 1.22. The van der Waals surface area contributed by atoms with Gasteiger partial charge in [-0.3, -0.25) is 0 Å². The molecule has 1 aromatic heterocycles. The number of hydrogen-bond acceptors (Lipinski definition) is 2. The van der Waals surface area contributed by atoms with Crippen molar-refractivity contribution in [3.63, 3.8) is 0 Å². The lowest BCUT2D eigenvalue weighted by Gasteiger charge is -2.07. The molecule has 4 nitrogen and oxygen atoms in total. The lowest BCUT2D eigenvalue weighted by molar-refractivity contribution is 0.571. The Balaban J connectivity index is 1.86. The van der Waals surface area contributed by atoms with Gasteiger partial charge in [-0.05, 0) is 30.4 Å². The Kier molecular flexibility index (Phi) is 4.61. The van der Waals surface area contributed by atoms with E-state index in [1.165, 1.54) is 10.9 Å². The minimum atomic E-state index is -3.07. The number of para-hydroxylation sites is 1. The fourth-order valence-electron chi connectivity index (χ4n) is 2.15. The molecule has 0 saturated carbocycles. The number of aromatic nitrogens is 1. The van der Waals surface area contributed by atoms with Gasteiger partial charge in [0.15, 0.2) is 0 Å². The zero-order valence-electron chi connectivity index (χ0n) is 11.2. The maximum absolute atomic E-state index is 11.5. The quantitative estimate of drug-likeness (QED) is 0.792. The Hall–Kier alpha value is -1.33. The topological polar surface area (TPSA) is 51.1 Å². The molecule has 1 aromatic carbocycles. The second kappa shape index (κ2) is 6.21. The monoisotopic (exact) mass is 280 g/mol. The van der Waals surface area contributed by atoms with Crippen molar-refractivity contribution in [2.24, 2.45) is 0 Å². The second-order valence-corrected chi connectivity index (χ2v) is 6.56. The Morgan fingerprint density at radius 3 is 2.79 bits per heavy atom. The van der Waals surface area contributed by atoms with Crippen LogP contribution in [0.1, 0.15) is 19.8 Å². The molecule has 0 spiro atoms. The predicted molar refractivity (Wildman–Crippen MR) is 78.6 cm³/mol. The van der Waals surface area contributed by atoms with Gasteiger partial charge < -0.3 is 4.57 Å². The molecular formula is C14H20N2O2S. The van der Waals surface area contributed by atoms with Gasteiger partial charge in [-0.15, -0.1) is 0 Å². The van der Waals surface area contributed by atoms with Crippen LogP contribution in [-0.2, 0) is 16.6 Å². The average molecular weight is 280 g/mol. The van der Waals surface area contributed by atoms with Crippen molar-refractivity contribution in [3.8, 4) is 0 Å². The fraction of sp³-hybridized carbons (Fsp3) is 0.429. The maximum Gasteiger partial charge on any atom is 0.211 e. The first-order valence-electron chi connectivity index (χ1n) is 6.63. The third-order valence-electron chi connectivity index (χ3n) is 3.05. The number of hydrogen-bond donors (Lipinski definition) is 1. The van der Waals surface area contributed by atoms with Crippen LogP contribution in [0.2, 0.25) is 0 Å². The summed E-state index contributed by atoms with van der Waals surface area (Å²) >= 11 is 0. The third kappa shape index (κ3) is 3.81. The molecule has 0 aliphatic carbocycles. The Morgan fingerprint density at radius 1 is 1.21 bits per heavy atom. The SMILES string of the molecule is CCCS(=O)(=O)NCCCn1ccc2ccccc21. The van der Waals surface area contributed by atoms with Crippen LogP contribution in [0.25, 0.3) is 10.9 Å². The van der Waals surface area contributed by atoms with E-state index >= 15 is 0 Å². The van der Waals surface area contributed by atoms with E-state index in [0.29, 0.717) is 13.0 Å². The highest BCUT2D eigenvalue weighted by molar-refractivity contribution is 7.89. The van der Waals surface area contributed by atoms with Gasteiger partial charge in [0.2, 0.25) is 10.0 Å². The average Bonchev–Trinajstić information content (AvgIpc) is 2.78. The summed E-state index contributed by atoms with van der Waals surface area (Å²) < 4.78 is 27.8. The Bertz CT molecular complexity index is 632. The van der Waals surface area contributed by atoms with Crippen LogP contribution < -0.4 is 4.72 Å². The zero-order chi connectivity index (χ0) is 13.7. The van der Waals surface area contributed by atoms with Crippen LogP contribution in [0.3, 0.4) is 0 Å². The highest BCUT2D eigenvalue weighted by Gasteiger charge is 2.07. The molecule has 0 bridgehead atoms. The third-order valence-corrected chi connectivity index (χ3v) is 4.64. The molecule has 0 aliphatic rings. The number of sulfonamides is 1. The summed E-state index contributed by atoms with van der Waals surface area (Å²) in [6.07, 6.45) is 3.49. The van der Waals surface area contributed by atoms with Crippen molar-refractivity contribution in [1.82, 2.24) is 9.29 Å². The highest BCUT2D eigenvalue weighted by Crippen LogP contribution is 2.15. The van der Waals surface area contributed by atoms with Gasteiger partial charge >= 0.3 is 0 Å². The van der Waals surface area contributed by atoms with E-state index in [-0.39, 0.29) is 5.75 Å². The molecule has 0 amide bonds. The predicted octanol–water partition coefficient (Wildman–Crippen LogP) is 2.36. The summed E-state index contributed by atoms with van der Waals surface area (Å²) in [5.74, 6) is 0.208. The van der Waals surface area contributed by atoms with Crippen molar-refractivity contribution in [1.29, 1.82) is 0 Å². The molecule has 2 aromatic rings. The molecule has 2 rings (SSSR count). The normalized spacial score (nSPS) is 12.1. The highest BCUT2D eigenvalue weighted by atomic mass is 32.2. The molecule has 1 N–H and O–H groups in total. The molecule has 1 heterocycles. The molecule has 0 radical (unpaired) electrons. The van der Waals surface area contributed by atoms with Gasteiger partial charge in [-0.1, -0.05) is 25.1 Å². The molecule has 19 heavy (non-hydrogen) atoms. The second-order valence-electron chi connectivity index (χ2n) is 4.63. The molecule has 104 valence electrons. The number of nitrogens with one attached hydrogen (secondary N) is 1. The van der Waals surface area contributed by atoms with Gasteiger partial charge in [0.05, 0.1) is 5.75 Å². The summed E-state index contributed by atoms with van der Waals surface area (Å²) in [5.41, 5.74) is 1.19. The van der Waals surface area contributed by atoms with Crippen LogP contribution in [0.4, 0.5) is 0 Å². The zero-order valence-corrected chi connectivity index (χ0v) is 12.0. The number of fused-ring (bicyclic) bond motifs is 1. The fourth-order valence-corrected chi connectivity index (χ4v) is 3.29. The number of benzene rings is 1. The van der Waals surface area contributed by atoms with Gasteiger partial charge in [0, 0.05) is 24.8 Å².